The van der Waals surface area contributed by atoms with Gasteiger partial charge in [-0.3, -0.25) is 52.7 Å². The zero-order valence-corrected chi connectivity index (χ0v) is 72.6. The molecule has 11 atom stereocenters. The first-order valence-electron chi connectivity index (χ1n) is 39.5. The van der Waals surface area contributed by atoms with Gasteiger partial charge in [0.2, 0.25) is 27.1 Å². The SMILES string of the molecule is COc1c2n(cc(Br)c1=O)CC1OCCC[C@]1(C)C2=O.COc1c2n(cc(Br)c1=O)CC1OCCC[C@]1(C)C2O.COc1c2n(cc(Br)c1=O)C[C@H]1OCCC[C@]1(C)C2=O.COc1c2n(cc(C(=O)NCc3ccc(F)cc3F)c1=O)C[C@@H]1OCCC[C@]1(C)C2=O.C[C@]12CCCO[C@H]1Cn1cc(C(=O)NCc3ccc(F)cc3F)c(=O)c(O)c1C2=O. The van der Waals surface area contributed by atoms with Gasteiger partial charge in [0.15, 0.2) is 51.9 Å². The summed E-state index contributed by atoms with van der Waals surface area (Å²) in [7, 11) is 5.57. The lowest BCUT2D eigenvalue weighted by Gasteiger charge is -2.49. The summed E-state index contributed by atoms with van der Waals surface area (Å²) in [6.45, 7) is 14.3. The number of amides is 2. The number of halogens is 7. The van der Waals surface area contributed by atoms with Crippen LogP contribution in [0.2, 0.25) is 0 Å². The van der Waals surface area contributed by atoms with Crippen LogP contribution in [0.25, 0.3) is 0 Å². The minimum atomic E-state index is -0.981. The van der Waals surface area contributed by atoms with E-state index in [0.29, 0.717) is 115 Å². The number of hydrogen-bond acceptors (Lipinski definition) is 22. The number of methoxy groups -OCH3 is 4. The van der Waals surface area contributed by atoms with Crippen LogP contribution in [0.5, 0.6) is 28.7 Å². The number of aliphatic hydroxyl groups is 1. The Morgan fingerprint density at radius 2 is 0.736 bits per heavy atom. The Bertz CT molecular complexity index is 5570. The Labute approximate surface area is 715 Å². The summed E-state index contributed by atoms with van der Waals surface area (Å²) in [6, 6.07) is 5.93. The van der Waals surface area contributed by atoms with Crippen molar-refractivity contribution in [2.75, 3.05) is 61.5 Å². The summed E-state index contributed by atoms with van der Waals surface area (Å²) in [5.41, 5.74) is -4.84. The summed E-state index contributed by atoms with van der Waals surface area (Å²) in [6.07, 6.45) is 13.4. The van der Waals surface area contributed by atoms with Crippen LogP contribution in [-0.2, 0) is 69.5 Å². The molecule has 121 heavy (non-hydrogen) atoms. The Morgan fingerprint density at radius 3 is 1.11 bits per heavy atom. The molecule has 10 aliphatic heterocycles. The zero-order valence-electron chi connectivity index (χ0n) is 67.8. The van der Waals surface area contributed by atoms with E-state index in [4.69, 9.17) is 42.6 Å². The van der Waals surface area contributed by atoms with E-state index in [2.05, 4.69) is 58.4 Å². The molecule has 29 nitrogen and oxygen atoms in total. The van der Waals surface area contributed by atoms with E-state index in [1.54, 1.807) is 34.6 Å². The van der Waals surface area contributed by atoms with Gasteiger partial charge in [-0.05, 0) is 152 Å². The average Bonchev–Trinajstić information content (AvgIpc) is 0.749. The molecule has 36 heteroatoms. The topological polar surface area (TPSA) is 360 Å². The van der Waals surface area contributed by atoms with Crippen molar-refractivity contribution in [1.82, 2.24) is 33.5 Å². The van der Waals surface area contributed by atoms with Gasteiger partial charge in [-0.25, -0.2) is 17.6 Å². The van der Waals surface area contributed by atoms with Crippen LogP contribution >= 0.6 is 47.8 Å². The first-order valence-corrected chi connectivity index (χ1v) is 41.9. The number of aromatic hydroxyl groups is 1. The highest BCUT2D eigenvalue weighted by molar-refractivity contribution is 9.11. The quantitative estimate of drug-likeness (QED) is 0.0924. The van der Waals surface area contributed by atoms with Gasteiger partial charge in [0.05, 0.1) is 126 Å². The number of Topliss-reactive ketones (excluding diaryl/α,β-unsaturated/α-hetero) is 4. The van der Waals surface area contributed by atoms with E-state index >= 15 is 0 Å². The second-order valence-electron chi connectivity index (χ2n) is 32.7. The Morgan fingerprint density at radius 1 is 0.430 bits per heavy atom. The highest BCUT2D eigenvalue weighted by Gasteiger charge is 2.55. The average molecular weight is 1880 g/mol. The number of pyridine rings is 5. The number of nitrogens with one attached hydrogen (secondary N) is 2. The van der Waals surface area contributed by atoms with E-state index < -0.39 is 91.3 Å². The van der Waals surface area contributed by atoms with Crippen molar-refractivity contribution >= 4 is 82.7 Å². The largest absolute Gasteiger partial charge is 0.503 e. The maximum Gasteiger partial charge on any atom is 0.257 e. The first kappa shape index (κ1) is 89.5. The third-order valence-corrected chi connectivity index (χ3v) is 27.1. The number of ketones is 4. The Kier molecular flexibility index (Phi) is 26.3. The fourth-order valence-electron chi connectivity index (χ4n) is 18.0. The minimum absolute atomic E-state index is 0.0357. The highest BCUT2D eigenvalue weighted by atomic mass is 79.9. The number of fused-ring (bicyclic) bond motifs is 10. The molecule has 0 bridgehead atoms. The van der Waals surface area contributed by atoms with Crippen LogP contribution in [-0.4, -0.2) is 160 Å². The predicted octanol–water partition coefficient (Wildman–Crippen LogP) is 10.4. The second-order valence-corrected chi connectivity index (χ2v) is 35.3. The molecule has 3 unspecified atom stereocenters. The number of rotatable bonds is 10. The predicted molar refractivity (Wildman–Crippen MR) is 437 cm³/mol. The maximum atomic E-state index is 13.8. The Balaban J connectivity index is 0.000000132. The van der Waals surface area contributed by atoms with Crippen molar-refractivity contribution < 1.29 is 99.2 Å². The molecule has 0 aliphatic carbocycles. The van der Waals surface area contributed by atoms with E-state index in [0.717, 1.165) is 63.7 Å². The fourth-order valence-corrected chi connectivity index (χ4v) is 19.3. The monoisotopic (exact) mass is 1880 g/mol. The number of aromatic nitrogens is 5. The molecule has 5 aromatic heterocycles. The molecular formula is C85H92Br3F4N7O22. The molecular weight excluding hydrogens is 1790 g/mol. The zero-order chi connectivity index (χ0) is 87.4. The van der Waals surface area contributed by atoms with Crippen LogP contribution in [0, 0.1) is 50.3 Å². The number of aliphatic hydroxyl groups excluding tert-OH is 1. The molecule has 4 N–H and O–H groups in total. The van der Waals surface area contributed by atoms with Gasteiger partial charge in [-0.2, -0.15) is 0 Å². The molecule has 5 saturated heterocycles. The summed E-state index contributed by atoms with van der Waals surface area (Å²) >= 11 is 9.70. The van der Waals surface area contributed by atoms with Crippen LogP contribution < -0.4 is 56.7 Å². The van der Waals surface area contributed by atoms with Crippen molar-refractivity contribution in [2.24, 2.45) is 27.1 Å². The van der Waals surface area contributed by atoms with Crippen LogP contribution in [0.15, 0.2) is 105 Å². The van der Waals surface area contributed by atoms with Gasteiger partial charge in [0, 0.05) is 112 Å². The lowest BCUT2D eigenvalue weighted by molar-refractivity contribution is -0.153. The van der Waals surface area contributed by atoms with Gasteiger partial charge in [-0.15, -0.1) is 0 Å². The number of carbonyl (C=O) groups excluding carboxylic acids is 6. The number of ether oxygens (including phenoxy) is 9. The Hall–Kier alpha value is -9.27. The molecule has 17 rings (SSSR count). The third-order valence-electron chi connectivity index (χ3n) is 25.4. The highest BCUT2D eigenvalue weighted by Crippen LogP contribution is 2.52. The molecule has 2 amide bonds. The van der Waals surface area contributed by atoms with Gasteiger partial charge in [0.1, 0.15) is 63.3 Å². The van der Waals surface area contributed by atoms with Crippen LogP contribution in [0.4, 0.5) is 17.6 Å². The molecule has 7 aromatic rings. The summed E-state index contributed by atoms with van der Waals surface area (Å²) in [5, 5.41) is 26.1. The maximum absolute atomic E-state index is 13.8. The lowest BCUT2D eigenvalue weighted by Crippen LogP contribution is -2.52. The normalized spacial score (nSPS) is 26.3. The van der Waals surface area contributed by atoms with Gasteiger partial charge in [0.25, 0.3) is 11.8 Å². The molecule has 10 aliphatic rings. The summed E-state index contributed by atoms with van der Waals surface area (Å²) in [5.74, 6) is -6.01. The van der Waals surface area contributed by atoms with Crippen LogP contribution in [0.3, 0.4) is 0 Å². The molecule has 648 valence electrons. The fraction of sp³-hybridized carbons (Fsp3) is 0.494. The number of nitrogens with zero attached hydrogens (tertiary/aromatic N) is 5. The van der Waals surface area contributed by atoms with E-state index in [-0.39, 0.29) is 140 Å². The molecule has 0 spiro atoms. The van der Waals surface area contributed by atoms with Gasteiger partial charge < -0.3 is 86.3 Å². The molecule has 15 heterocycles. The second kappa shape index (κ2) is 35.5. The van der Waals surface area contributed by atoms with Crippen molar-refractivity contribution in [3.05, 3.63) is 206 Å². The van der Waals surface area contributed by atoms with Gasteiger partial charge >= 0.3 is 0 Å². The van der Waals surface area contributed by atoms with Crippen molar-refractivity contribution in [3.63, 3.8) is 0 Å². The van der Waals surface area contributed by atoms with Gasteiger partial charge in [-0.1, -0.05) is 19.1 Å². The molecule has 5 fully saturated rings. The van der Waals surface area contributed by atoms with Crippen molar-refractivity contribution in [3.8, 4) is 28.7 Å². The lowest BCUT2D eigenvalue weighted by atomic mass is 9.70. The number of benzene rings is 2. The van der Waals surface area contributed by atoms with Crippen molar-refractivity contribution in [1.29, 1.82) is 0 Å². The molecule has 0 saturated carbocycles. The number of carbonyl (C=O) groups is 6. The third kappa shape index (κ3) is 16.4. The molecule has 0 radical (unpaired) electrons. The van der Waals surface area contributed by atoms with Crippen LogP contribution in [0.1, 0.15) is 184 Å². The van der Waals surface area contributed by atoms with Crippen molar-refractivity contribution in [2.45, 2.75) is 181 Å². The van der Waals surface area contributed by atoms with E-state index in [9.17, 15) is 80.5 Å². The molecule has 2 aromatic carbocycles. The number of hydrogen-bond donors (Lipinski definition) is 4. The first-order chi connectivity index (χ1) is 57.4. The van der Waals surface area contributed by atoms with E-state index in [1.807, 2.05) is 32.3 Å². The minimum Gasteiger partial charge on any atom is -0.503 e. The summed E-state index contributed by atoms with van der Waals surface area (Å²) < 4.78 is 113. The smallest absolute Gasteiger partial charge is 0.257 e. The standard InChI is InChI=1S/C22H22F2N2O5.C21H20F2N2O5.C14H18BrNO4.2C14H16BrNO4/c1-22-6-3-7-31-16(22)11-26-10-14(18(27)19(30-2)17(26)20(22)28)21(29)25-9-12-4-5-13(23)8-15(12)24;1-21-5-2-6-30-15(21)10-25-9-13(17(26)18(27)16(25)19(21)28)20(29)24-8-11-3-4-12(22)7-14(11)23;3*1-14-4-3-5-20-9(14)7-16-6-8(15)11(17)12(19-2)10(16)13(14)18/h4-5,8,10,16H,3,6-7,9,11H2,1-2H3,(H,25,29);3-4,7,9,15,27H,2,5-6,8,10H2,1H3,(H,24,29);6,9,13,18H,3-5,7H2,1-2H3;2*6,9H,3-5,7H2,1-2H3/t16-,22-;15-,21-;9?,13?,14-;9?,14-;9-,14+/m00001/s1. The summed E-state index contributed by atoms with van der Waals surface area (Å²) in [4.78, 5) is 139. The van der Waals surface area contributed by atoms with E-state index in [1.165, 1.54) is 62.1 Å².